The number of nitrogens with one attached hydrogen (secondary N) is 1. The van der Waals surface area contributed by atoms with Gasteiger partial charge in [0.1, 0.15) is 0 Å². The van der Waals surface area contributed by atoms with Crippen LogP contribution in [0.3, 0.4) is 0 Å². The summed E-state index contributed by atoms with van der Waals surface area (Å²) in [6, 6.07) is 4.71. The number of benzene rings is 1. The molecule has 4 heteroatoms. The van der Waals surface area contributed by atoms with Gasteiger partial charge in [0.25, 0.3) is 0 Å². The van der Waals surface area contributed by atoms with E-state index >= 15 is 0 Å². The van der Waals surface area contributed by atoms with Gasteiger partial charge in [-0.25, -0.2) is 0 Å². The molecule has 1 heterocycles. The van der Waals surface area contributed by atoms with E-state index in [9.17, 15) is 0 Å². The Labute approximate surface area is 130 Å². The highest BCUT2D eigenvalue weighted by Gasteiger charge is 2.17. The maximum absolute atomic E-state index is 5.44. The monoisotopic (exact) mass is 341 g/mol. The summed E-state index contributed by atoms with van der Waals surface area (Å²) < 4.78 is 11.8. The lowest BCUT2D eigenvalue weighted by Gasteiger charge is -2.14. The fourth-order valence-corrected chi connectivity index (χ4v) is 3.00. The Morgan fingerprint density at radius 2 is 2.10 bits per heavy atom. The van der Waals surface area contributed by atoms with Crippen LogP contribution in [0.4, 0.5) is 0 Å². The smallest absolute Gasteiger partial charge is 0.231 e. The number of hydrogen-bond donors (Lipinski definition) is 1. The van der Waals surface area contributed by atoms with Gasteiger partial charge in [0.2, 0.25) is 6.79 Å². The Bertz CT molecular complexity index is 437. The Morgan fingerprint density at radius 3 is 2.90 bits per heavy atom. The van der Waals surface area contributed by atoms with E-state index in [2.05, 4.69) is 47.2 Å². The summed E-state index contributed by atoms with van der Waals surface area (Å²) in [6.07, 6.45) is 6.55. The molecule has 1 atom stereocenters. The first kappa shape index (κ1) is 15.6. The quantitative estimate of drug-likeness (QED) is 0.699. The lowest BCUT2D eigenvalue weighted by molar-refractivity contribution is 0.173. The number of hydrogen-bond acceptors (Lipinski definition) is 3. The molecule has 1 aliphatic heterocycles. The normalized spacial score (nSPS) is 14.6. The van der Waals surface area contributed by atoms with Crippen LogP contribution in [-0.2, 0) is 6.54 Å². The second-order valence-electron chi connectivity index (χ2n) is 5.44. The van der Waals surface area contributed by atoms with Crippen LogP contribution in [0.25, 0.3) is 0 Å². The van der Waals surface area contributed by atoms with E-state index in [-0.39, 0.29) is 0 Å². The number of ether oxygens (including phenoxy) is 2. The summed E-state index contributed by atoms with van der Waals surface area (Å²) in [7, 11) is 0. The second kappa shape index (κ2) is 7.89. The number of unbranched alkanes of at least 4 members (excludes halogenated alkanes) is 3. The van der Waals surface area contributed by atoms with Crippen molar-refractivity contribution < 1.29 is 9.47 Å². The molecule has 1 aromatic carbocycles. The zero-order valence-corrected chi connectivity index (χ0v) is 14.0. The average molecular weight is 342 g/mol. The highest BCUT2D eigenvalue weighted by Crippen LogP contribution is 2.39. The first-order chi connectivity index (χ1) is 9.70. The van der Waals surface area contributed by atoms with Gasteiger partial charge in [-0.1, -0.05) is 32.6 Å². The molecule has 20 heavy (non-hydrogen) atoms. The molecule has 0 amide bonds. The van der Waals surface area contributed by atoms with Gasteiger partial charge < -0.3 is 14.8 Å². The van der Waals surface area contributed by atoms with Crippen LogP contribution in [0.5, 0.6) is 11.5 Å². The highest BCUT2D eigenvalue weighted by atomic mass is 79.9. The highest BCUT2D eigenvalue weighted by molar-refractivity contribution is 9.10. The molecule has 0 saturated heterocycles. The van der Waals surface area contributed by atoms with E-state index in [1.165, 1.54) is 37.7 Å². The van der Waals surface area contributed by atoms with Crippen molar-refractivity contribution in [1.82, 2.24) is 5.32 Å². The molecule has 112 valence electrons. The molecule has 0 spiro atoms. The Hall–Kier alpha value is -0.740. The molecular formula is C16H24BrNO2. The second-order valence-corrected chi connectivity index (χ2v) is 6.30. The van der Waals surface area contributed by atoms with Crippen molar-refractivity contribution in [2.75, 3.05) is 6.79 Å². The largest absolute Gasteiger partial charge is 0.454 e. The van der Waals surface area contributed by atoms with E-state index < -0.39 is 0 Å². The molecule has 1 unspecified atom stereocenters. The molecule has 0 bridgehead atoms. The van der Waals surface area contributed by atoms with Crippen molar-refractivity contribution in [2.24, 2.45) is 0 Å². The zero-order chi connectivity index (χ0) is 14.4. The van der Waals surface area contributed by atoms with Gasteiger partial charge in [0.05, 0.1) is 4.47 Å². The minimum absolute atomic E-state index is 0.318. The minimum Gasteiger partial charge on any atom is -0.454 e. The first-order valence-corrected chi connectivity index (χ1v) is 8.31. The third-order valence-corrected chi connectivity index (χ3v) is 4.22. The summed E-state index contributed by atoms with van der Waals surface area (Å²) in [5, 5.41) is 3.58. The van der Waals surface area contributed by atoms with E-state index in [1.54, 1.807) is 0 Å². The fourth-order valence-electron chi connectivity index (χ4n) is 2.39. The van der Waals surface area contributed by atoms with Gasteiger partial charge >= 0.3 is 0 Å². The van der Waals surface area contributed by atoms with Crippen LogP contribution in [0.1, 0.15) is 51.5 Å². The SMILES string of the molecule is CCCCCCC(C)NCc1cc(Br)c2c(c1)OCO2. The Morgan fingerprint density at radius 1 is 1.25 bits per heavy atom. The predicted molar refractivity (Wildman–Crippen MR) is 85.3 cm³/mol. The molecule has 1 aromatic rings. The van der Waals surface area contributed by atoms with Gasteiger partial charge in [-0.05, 0) is 47.0 Å². The lowest BCUT2D eigenvalue weighted by Crippen LogP contribution is -2.25. The van der Waals surface area contributed by atoms with Crippen LogP contribution in [-0.4, -0.2) is 12.8 Å². The molecule has 0 saturated carbocycles. The minimum atomic E-state index is 0.318. The fraction of sp³-hybridized carbons (Fsp3) is 0.625. The first-order valence-electron chi connectivity index (χ1n) is 7.52. The van der Waals surface area contributed by atoms with Crippen LogP contribution in [0, 0.1) is 0 Å². The number of fused-ring (bicyclic) bond motifs is 1. The van der Waals surface area contributed by atoms with Crippen molar-refractivity contribution in [3.8, 4) is 11.5 Å². The molecular weight excluding hydrogens is 318 g/mol. The summed E-state index contributed by atoms with van der Waals surface area (Å²) in [5.74, 6) is 1.66. The van der Waals surface area contributed by atoms with Gasteiger partial charge in [-0.2, -0.15) is 0 Å². The molecule has 0 aliphatic carbocycles. The number of halogens is 1. The Kier molecular flexibility index (Phi) is 6.17. The third kappa shape index (κ3) is 4.38. The predicted octanol–water partition coefficient (Wildman–Crippen LogP) is 4.63. The van der Waals surface area contributed by atoms with Crippen LogP contribution < -0.4 is 14.8 Å². The third-order valence-electron chi connectivity index (χ3n) is 3.63. The van der Waals surface area contributed by atoms with Crippen molar-refractivity contribution in [3.05, 3.63) is 22.2 Å². The van der Waals surface area contributed by atoms with Crippen molar-refractivity contribution in [2.45, 2.75) is 58.5 Å². The van der Waals surface area contributed by atoms with Gasteiger partial charge in [0, 0.05) is 12.6 Å². The number of rotatable bonds is 8. The maximum Gasteiger partial charge on any atom is 0.231 e. The summed E-state index contributed by atoms with van der Waals surface area (Å²) in [6.45, 7) is 5.69. The van der Waals surface area contributed by atoms with Crippen molar-refractivity contribution >= 4 is 15.9 Å². The van der Waals surface area contributed by atoms with E-state index in [4.69, 9.17) is 9.47 Å². The van der Waals surface area contributed by atoms with E-state index in [0.29, 0.717) is 12.8 Å². The molecule has 2 rings (SSSR count). The zero-order valence-electron chi connectivity index (χ0n) is 12.4. The average Bonchev–Trinajstić information content (AvgIpc) is 2.90. The molecule has 0 radical (unpaired) electrons. The van der Waals surface area contributed by atoms with E-state index in [0.717, 1.165) is 22.5 Å². The molecule has 1 N–H and O–H groups in total. The van der Waals surface area contributed by atoms with E-state index in [1.807, 2.05) is 0 Å². The summed E-state index contributed by atoms with van der Waals surface area (Å²) in [5.41, 5.74) is 1.22. The molecule has 0 aromatic heterocycles. The van der Waals surface area contributed by atoms with Crippen LogP contribution in [0.15, 0.2) is 16.6 Å². The van der Waals surface area contributed by atoms with Gasteiger partial charge in [0.15, 0.2) is 11.5 Å². The topological polar surface area (TPSA) is 30.5 Å². The summed E-state index contributed by atoms with van der Waals surface area (Å²) >= 11 is 3.53. The van der Waals surface area contributed by atoms with Crippen LogP contribution in [0.2, 0.25) is 0 Å². The standard InChI is InChI=1S/C16H24BrNO2/c1-3-4-5-6-7-12(2)18-10-13-8-14(17)16-15(9-13)19-11-20-16/h8-9,12,18H,3-7,10-11H2,1-2H3. The Balaban J connectivity index is 1.78. The van der Waals surface area contributed by atoms with Gasteiger partial charge in [-0.15, -0.1) is 0 Å². The lowest BCUT2D eigenvalue weighted by atomic mass is 10.1. The maximum atomic E-state index is 5.44. The molecule has 3 nitrogen and oxygen atoms in total. The van der Waals surface area contributed by atoms with Crippen molar-refractivity contribution in [1.29, 1.82) is 0 Å². The molecule has 0 fully saturated rings. The van der Waals surface area contributed by atoms with Crippen molar-refractivity contribution in [3.63, 3.8) is 0 Å². The van der Waals surface area contributed by atoms with Crippen LogP contribution >= 0.6 is 15.9 Å². The molecule has 1 aliphatic rings. The van der Waals surface area contributed by atoms with Gasteiger partial charge in [-0.3, -0.25) is 0 Å². The summed E-state index contributed by atoms with van der Waals surface area (Å²) in [4.78, 5) is 0.